The van der Waals surface area contributed by atoms with Gasteiger partial charge in [-0.15, -0.1) is 0 Å². The first-order chi connectivity index (χ1) is 13.2. The van der Waals surface area contributed by atoms with E-state index in [9.17, 15) is 9.59 Å². The molecule has 0 aliphatic carbocycles. The van der Waals surface area contributed by atoms with Crippen LogP contribution in [-0.2, 0) is 17.8 Å². The third kappa shape index (κ3) is 4.78. The molecule has 3 rings (SSSR count). The Hall–Kier alpha value is -3.48. The van der Waals surface area contributed by atoms with Crippen molar-refractivity contribution in [3.05, 3.63) is 76.8 Å². The lowest BCUT2D eigenvalue weighted by molar-refractivity contribution is -0.121. The molecule has 3 aromatic rings. The zero-order valence-electron chi connectivity index (χ0n) is 15.0. The number of aromatic nitrogens is 3. The van der Waals surface area contributed by atoms with E-state index in [1.54, 1.807) is 25.6 Å². The zero-order chi connectivity index (χ0) is 19.1. The Morgan fingerprint density at radius 2 is 1.89 bits per heavy atom. The number of rotatable bonds is 7. The number of ether oxygens (including phenoxy) is 1. The molecule has 0 aliphatic rings. The lowest BCUT2D eigenvalue weighted by Crippen LogP contribution is -2.34. The first kappa shape index (κ1) is 18.3. The van der Waals surface area contributed by atoms with Gasteiger partial charge in [-0.25, -0.2) is 4.68 Å². The minimum absolute atomic E-state index is 0.141. The number of pyridine rings is 1. The second-order valence-corrected chi connectivity index (χ2v) is 5.87. The molecule has 1 N–H and O–H groups in total. The minimum atomic E-state index is -0.335. The van der Waals surface area contributed by atoms with Crippen LogP contribution in [0.3, 0.4) is 0 Å². The van der Waals surface area contributed by atoms with Crippen LogP contribution < -0.4 is 15.6 Å². The van der Waals surface area contributed by atoms with Crippen molar-refractivity contribution in [2.45, 2.75) is 13.0 Å². The van der Waals surface area contributed by atoms with E-state index in [-0.39, 0.29) is 18.0 Å². The van der Waals surface area contributed by atoms with Gasteiger partial charge in [-0.1, -0.05) is 12.1 Å². The number of benzene rings is 1. The summed E-state index contributed by atoms with van der Waals surface area (Å²) in [6.07, 6.45) is 4.12. The van der Waals surface area contributed by atoms with Crippen molar-refractivity contribution in [1.29, 1.82) is 0 Å². The highest BCUT2D eigenvalue weighted by molar-refractivity contribution is 5.75. The number of methoxy groups -OCH3 is 1. The van der Waals surface area contributed by atoms with Crippen LogP contribution in [0.2, 0.25) is 0 Å². The van der Waals surface area contributed by atoms with Crippen molar-refractivity contribution in [3.63, 3.8) is 0 Å². The van der Waals surface area contributed by atoms with Crippen molar-refractivity contribution in [2.75, 3.05) is 13.7 Å². The average Bonchev–Trinajstić information content (AvgIpc) is 2.70. The van der Waals surface area contributed by atoms with Gasteiger partial charge < -0.3 is 10.1 Å². The molecule has 0 bridgehead atoms. The highest BCUT2D eigenvalue weighted by atomic mass is 16.5. The van der Waals surface area contributed by atoms with Crippen LogP contribution >= 0.6 is 0 Å². The molecule has 0 aliphatic heterocycles. The summed E-state index contributed by atoms with van der Waals surface area (Å²) in [6, 6.07) is 14.2. The van der Waals surface area contributed by atoms with E-state index in [0.29, 0.717) is 24.4 Å². The van der Waals surface area contributed by atoms with Gasteiger partial charge in [-0.05, 0) is 42.3 Å². The molecule has 0 fully saturated rings. The maximum atomic E-state index is 12.2. The molecule has 0 atom stereocenters. The molecule has 0 saturated carbocycles. The molecular weight excluding hydrogens is 344 g/mol. The van der Waals surface area contributed by atoms with Crippen molar-refractivity contribution in [1.82, 2.24) is 20.1 Å². The maximum absolute atomic E-state index is 12.2. The van der Waals surface area contributed by atoms with Crippen molar-refractivity contribution < 1.29 is 9.53 Å². The molecule has 2 aromatic heterocycles. The molecule has 138 valence electrons. The SMILES string of the molecule is COc1ccccc1-c1ccc(=O)n(CC(=O)NCCc2ccncc2)n1. The molecule has 1 amide bonds. The molecule has 2 heterocycles. The van der Waals surface area contributed by atoms with Crippen LogP contribution in [-0.4, -0.2) is 34.3 Å². The van der Waals surface area contributed by atoms with E-state index >= 15 is 0 Å². The summed E-state index contributed by atoms with van der Waals surface area (Å²) in [7, 11) is 1.57. The maximum Gasteiger partial charge on any atom is 0.267 e. The highest BCUT2D eigenvalue weighted by Gasteiger charge is 2.10. The summed E-state index contributed by atoms with van der Waals surface area (Å²) in [4.78, 5) is 28.2. The summed E-state index contributed by atoms with van der Waals surface area (Å²) in [6.45, 7) is 0.335. The number of para-hydroxylation sites is 1. The van der Waals surface area contributed by atoms with Gasteiger partial charge in [-0.2, -0.15) is 5.10 Å². The van der Waals surface area contributed by atoms with Crippen LogP contribution in [0.25, 0.3) is 11.3 Å². The van der Waals surface area contributed by atoms with Gasteiger partial charge in [0.15, 0.2) is 0 Å². The predicted octanol–water partition coefficient (Wildman–Crippen LogP) is 1.67. The second kappa shape index (κ2) is 8.75. The Morgan fingerprint density at radius 1 is 1.11 bits per heavy atom. The Labute approximate surface area is 156 Å². The molecule has 7 nitrogen and oxygen atoms in total. The van der Waals surface area contributed by atoms with Gasteiger partial charge in [0, 0.05) is 30.6 Å². The van der Waals surface area contributed by atoms with Crippen LogP contribution in [0.15, 0.2) is 65.7 Å². The summed E-state index contributed by atoms with van der Waals surface area (Å²) in [5.74, 6) is 0.382. The first-order valence-electron chi connectivity index (χ1n) is 8.54. The van der Waals surface area contributed by atoms with Gasteiger partial charge in [0.2, 0.25) is 5.91 Å². The van der Waals surface area contributed by atoms with Gasteiger partial charge in [0.05, 0.1) is 12.8 Å². The standard InChI is InChI=1S/C20H20N4O3/c1-27-18-5-3-2-4-16(18)17-6-7-20(26)24(23-17)14-19(25)22-13-10-15-8-11-21-12-9-15/h2-9,11-12H,10,13-14H2,1H3,(H,22,25). The lowest BCUT2D eigenvalue weighted by atomic mass is 10.1. The number of amides is 1. The normalized spacial score (nSPS) is 10.4. The molecule has 0 radical (unpaired) electrons. The Kier molecular flexibility index (Phi) is 5.94. The molecule has 0 unspecified atom stereocenters. The predicted molar refractivity (Wildman–Crippen MR) is 101 cm³/mol. The molecule has 7 heteroatoms. The lowest BCUT2D eigenvalue weighted by Gasteiger charge is -2.10. The average molecular weight is 364 g/mol. The Morgan fingerprint density at radius 3 is 2.67 bits per heavy atom. The molecule has 0 spiro atoms. The van der Waals surface area contributed by atoms with Crippen molar-refractivity contribution >= 4 is 5.91 Å². The number of carbonyl (C=O) groups excluding carboxylic acids is 1. The first-order valence-corrected chi connectivity index (χ1v) is 8.54. The van der Waals surface area contributed by atoms with E-state index in [1.807, 2.05) is 36.4 Å². The van der Waals surface area contributed by atoms with Gasteiger partial charge in [-0.3, -0.25) is 14.6 Å². The monoisotopic (exact) mass is 364 g/mol. The summed E-state index contributed by atoms with van der Waals surface area (Å²) in [5.41, 5.74) is 2.07. The van der Waals surface area contributed by atoms with Crippen LogP contribution in [0.4, 0.5) is 0 Å². The van der Waals surface area contributed by atoms with Gasteiger partial charge in [0.25, 0.3) is 5.56 Å². The van der Waals surface area contributed by atoms with E-state index < -0.39 is 0 Å². The fourth-order valence-electron chi connectivity index (χ4n) is 2.65. The third-order valence-electron chi connectivity index (χ3n) is 4.03. The summed E-state index contributed by atoms with van der Waals surface area (Å²) < 4.78 is 6.49. The Bertz CT molecular complexity index is 970. The number of nitrogens with one attached hydrogen (secondary N) is 1. The quantitative estimate of drug-likeness (QED) is 0.689. The smallest absolute Gasteiger partial charge is 0.267 e. The zero-order valence-corrected chi connectivity index (χ0v) is 15.0. The summed E-state index contributed by atoms with van der Waals surface area (Å²) in [5, 5.41) is 7.12. The van der Waals surface area contributed by atoms with E-state index in [1.165, 1.54) is 6.07 Å². The second-order valence-electron chi connectivity index (χ2n) is 5.87. The molecule has 1 aromatic carbocycles. The fourth-order valence-corrected chi connectivity index (χ4v) is 2.65. The van der Waals surface area contributed by atoms with Crippen LogP contribution in [0.1, 0.15) is 5.56 Å². The van der Waals surface area contributed by atoms with Crippen LogP contribution in [0.5, 0.6) is 5.75 Å². The largest absolute Gasteiger partial charge is 0.496 e. The van der Waals surface area contributed by atoms with Gasteiger partial charge in [0.1, 0.15) is 12.3 Å². The van der Waals surface area contributed by atoms with E-state index in [4.69, 9.17) is 4.74 Å². The topological polar surface area (TPSA) is 86.1 Å². The van der Waals surface area contributed by atoms with Gasteiger partial charge >= 0.3 is 0 Å². The van der Waals surface area contributed by atoms with E-state index in [2.05, 4.69) is 15.4 Å². The molecule has 27 heavy (non-hydrogen) atoms. The van der Waals surface area contributed by atoms with Crippen molar-refractivity contribution in [3.8, 4) is 17.0 Å². The number of hydrogen-bond donors (Lipinski definition) is 1. The number of nitrogens with zero attached hydrogens (tertiary/aromatic N) is 3. The fraction of sp³-hybridized carbons (Fsp3) is 0.200. The van der Waals surface area contributed by atoms with Crippen LogP contribution in [0, 0.1) is 0 Å². The third-order valence-corrected chi connectivity index (χ3v) is 4.03. The highest BCUT2D eigenvalue weighted by Crippen LogP contribution is 2.26. The minimum Gasteiger partial charge on any atom is -0.496 e. The molecule has 0 saturated heterocycles. The molecular formula is C20H20N4O3. The number of hydrogen-bond acceptors (Lipinski definition) is 5. The van der Waals surface area contributed by atoms with E-state index in [0.717, 1.165) is 15.8 Å². The van der Waals surface area contributed by atoms with Crippen molar-refractivity contribution in [2.24, 2.45) is 0 Å². The Balaban J connectivity index is 1.67. The summed E-state index contributed by atoms with van der Waals surface area (Å²) >= 11 is 0. The number of carbonyl (C=O) groups is 1.